The summed E-state index contributed by atoms with van der Waals surface area (Å²) in [6.07, 6.45) is 49.8. The standard InChI is InChI=1S/C50H93O10P/c1-3-5-7-9-11-13-15-17-19-21-22-23-24-26-27-29-31-33-35-37-39-41-49(53)57-45-48(46-59-61(55,56)58-44-47(52)43-51)60-50(54)42-40-38-36-34-32-30-28-25-20-18-16-14-12-10-8-6-4-2/h18,20,28,30,34,36,47-48,51-52H,3-17,19,21-27,29,31-33,35,37-46H2,1-2H3,(H,55,56)/b20-18+,30-28+,36-34+/t47-,48+/m0/s1. The van der Waals surface area contributed by atoms with Gasteiger partial charge in [-0.3, -0.25) is 18.6 Å². The first-order valence-electron chi connectivity index (χ1n) is 24.9. The molecule has 0 amide bonds. The van der Waals surface area contributed by atoms with E-state index in [4.69, 9.17) is 23.6 Å². The van der Waals surface area contributed by atoms with Crippen LogP contribution in [0.2, 0.25) is 0 Å². The van der Waals surface area contributed by atoms with Gasteiger partial charge in [0.2, 0.25) is 0 Å². The summed E-state index contributed by atoms with van der Waals surface area (Å²) in [7, 11) is -4.63. The van der Waals surface area contributed by atoms with Gasteiger partial charge in [0, 0.05) is 12.8 Å². The fourth-order valence-electron chi connectivity index (χ4n) is 6.95. The van der Waals surface area contributed by atoms with Crippen LogP contribution in [0.3, 0.4) is 0 Å². The lowest BCUT2D eigenvalue weighted by atomic mass is 10.0. The van der Waals surface area contributed by atoms with Crippen molar-refractivity contribution in [3.05, 3.63) is 36.5 Å². The number of phosphoric acid groups is 1. The van der Waals surface area contributed by atoms with E-state index in [1.165, 1.54) is 148 Å². The Morgan fingerprint density at radius 3 is 1.33 bits per heavy atom. The molecular formula is C50H93O10P. The highest BCUT2D eigenvalue weighted by molar-refractivity contribution is 7.47. The van der Waals surface area contributed by atoms with Crippen LogP contribution in [0.5, 0.6) is 0 Å². The Morgan fingerprint density at radius 1 is 0.492 bits per heavy atom. The zero-order valence-corrected chi connectivity index (χ0v) is 40.0. The Balaban J connectivity index is 4.23. The molecule has 3 N–H and O–H groups in total. The Bertz CT molecular complexity index is 1110. The number of carbonyl (C=O) groups excluding carboxylic acids is 2. The van der Waals surface area contributed by atoms with Crippen molar-refractivity contribution in [2.24, 2.45) is 0 Å². The second-order valence-electron chi connectivity index (χ2n) is 16.8. The average Bonchev–Trinajstić information content (AvgIpc) is 3.25. The minimum atomic E-state index is -4.63. The van der Waals surface area contributed by atoms with Gasteiger partial charge in [-0.25, -0.2) is 4.57 Å². The monoisotopic (exact) mass is 885 g/mol. The van der Waals surface area contributed by atoms with E-state index in [9.17, 15) is 24.2 Å². The van der Waals surface area contributed by atoms with E-state index in [1.807, 2.05) is 6.08 Å². The van der Waals surface area contributed by atoms with Gasteiger partial charge in [-0.05, 0) is 44.9 Å². The molecule has 0 bridgehead atoms. The number of ether oxygens (including phenoxy) is 2. The van der Waals surface area contributed by atoms with Crippen molar-refractivity contribution >= 4 is 19.8 Å². The molecule has 0 aliphatic heterocycles. The van der Waals surface area contributed by atoms with Crippen molar-refractivity contribution in [1.29, 1.82) is 0 Å². The van der Waals surface area contributed by atoms with Gasteiger partial charge in [0.1, 0.15) is 12.7 Å². The lowest BCUT2D eigenvalue weighted by molar-refractivity contribution is -0.161. The van der Waals surface area contributed by atoms with Gasteiger partial charge in [-0.2, -0.15) is 0 Å². The van der Waals surface area contributed by atoms with Gasteiger partial charge in [-0.1, -0.05) is 211 Å². The van der Waals surface area contributed by atoms with Gasteiger partial charge in [0.15, 0.2) is 6.10 Å². The van der Waals surface area contributed by atoms with Crippen LogP contribution in [0.4, 0.5) is 0 Å². The number of rotatable bonds is 47. The van der Waals surface area contributed by atoms with E-state index in [-0.39, 0.29) is 19.4 Å². The lowest BCUT2D eigenvalue weighted by Gasteiger charge is -2.20. The van der Waals surface area contributed by atoms with Crippen molar-refractivity contribution in [1.82, 2.24) is 0 Å². The minimum Gasteiger partial charge on any atom is -0.462 e. The van der Waals surface area contributed by atoms with Crippen molar-refractivity contribution in [3.63, 3.8) is 0 Å². The molecule has 0 aromatic heterocycles. The zero-order valence-electron chi connectivity index (χ0n) is 39.1. The highest BCUT2D eigenvalue weighted by atomic mass is 31.2. The Hall–Kier alpha value is -1.81. The number of aliphatic hydroxyl groups is 2. The molecule has 10 nitrogen and oxygen atoms in total. The molecule has 0 aliphatic carbocycles. The number of allylic oxidation sites excluding steroid dienone is 6. The summed E-state index contributed by atoms with van der Waals surface area (Å²) in [6, 6.07) is 0. The largest absolute Gasteiger partial charge is 0.472 e. The maximum absolute atomic E-state index is 12.6. The van der Waals surface area contributed by atoms with Crippen LogP contribution in [-0.2, 0) is 32.7 Å². The van der Waals surface area contributed by atoms with Crippen LogP contribution in [0.25, 0.3) is 0 Å². The second kappa shape index (κ2) is 46.2. The molecule has 0 aromatic rings. The summed E-state index contributed by atoms with van der Waals surface area (Å²) in [5, 5.41) is 18.4. The van der Waals surface area contributed by atoms with Gasteiger partial charge in [0.25, 0.3) is 0 Å². The van der Waals surface area contributed by atoms with Gasteiger partial charge in [0.05, 0.1) is 19.8 Å². The number of hydrogen-bond acceptors (Lipinski definition) is 9. The number of aliphatic hydroxyl groups excluding tert-OH is 2. The second-order valence-corrected chi connectivity index (χ2v) is 18.3. The Labute approximate surface area is 373 Å². The predicted octanol–water partition coefficient (Wildman–Crippen LogP) is 13.9. The van der Waals surface area contributed by atoms with Crippen molar-refractivity contribution in [3.8, 4) is 0 Å². The molecule has 0 rings (SSSR count). The van der Waals surface area contributed by atoms with Crippen LogP contribution in [0.15, 0.2) is 36.5 Å². The molecule has 0 heterocycles. The quantitative estimate of drug-likeness (QED) is 0.0233. The molecule has 1 unspecified atom stereocenters. The molecule has 3 atom stereocenters. The third-order valence-corrected chi connectivity index (χ3v) is 11.7. The van der Waals surface area contributed by atoms with Gasteiger partial charge in [-0.15, -0.1) is 0 Å². The van der Waals surface area contributed by atoms with Crippen LogP contribution >= 0.6 is 7.82 Å². The molecule has 0 saturated heterocycles. The number of unbranched alkanes of at least 4 members (excludes halogenated alkanes) is 27. The molecule has 358 valence electrons. The van der Waals surface area contributed by atoms with Crippen molar-refractivity contribution in [2.45, 2.75) is 244 Å². The fraction of sp³-hybridized carbons (Fsp3) is 0.840. The maximum atomic E-state index is 12.6. The normalized spacial score (nSPS) is 14.0. The van der Waals surface area contributed by atoms with E-state index in [0.717, 1.165) is 38.5 Å². The third-order valence-electron chi connectivity index (χ3n) is 10.8. The molecule has 0 saturated carbocycles. The lowest BCUT2D eigenvalue weighted by Crippen LogP contribution is -2.29. The summed E-state index contributed by atoms with van der Waals surface area (Å²) in [5.74, 6) is -0.976. The van der Waals surface area contributed by atoms with E-state index in [2.05, 4.69) is 44.2 Å². The SMILES string of the molecule is CCCCCCCC/C=C/C/C=C/C/C=C/CCCC(=O)O[C@H](COC(=O)CCCCCCCCCCCCCCCCCCCCCCC)COP(=O)(O)OC[C@@H](O)CO. The first-order valence-corrected chi connectivity index (χ1v) is 26.4. The molecule has 0 spiro atoms. The summed E-state index contributed by atoms with van der Waals surface area (Å²) in [5.41, 5.74) is 0. The highest BCUT2D eigenvalue weighted by Gasteiger charge is 2.27. The van der Waals surface area contributed by atoms with E-state index >= 15 is 0 Å². The first-order chi connectivity index (χ1) is 29.7. The predicted molar refractivity (Wildman–Crippen MR) is 251 cm³/mol. The minimum absolute atomic E-state index is 0.115. The summed E-state index contributed by atoms with van der Waals surface area (Å²) >= 11 is 0. The summed E-state index contributed by atoms with van der Waals surface area (Å²) in [6.45, 7) is 2.36. The smallest absolute Gasteiger partial charge is 0.462 e. The third kappa shape index (κ3) is 46.0. The van der Waals surface area contributed by atoms with Crippen LogP contribution in [0, 0.1) is 0 Å². The maximum Gasteiger partial charge on any atom is 0.472 e. The van der Waals surface area contributed by atoms with Gasteiger partial charge < -0.3 is 24.6 Å². The van der Waals surface area contributed by atoms with Gasteiger partial charge >= 0.3 is 19.8 Å². The summed E-state index contributed by atoms with van der Waals surface area (Å²) in [4.78, 5) is 35.1. The number of carbonyl (C=O) groups is 2. The van der Waals surface area contributed by atoms with E-state index < -0.39 is 51.8 Å². The average molecular weight is 885 g/mol. The molecule has 0 aromatic carbocycles. The van der Waals surface area contributed by atoms with Crippen LogP contribution in [0.1, 0.15) is 232 Å². The van der Waals surface area contributed by atoms with Crippen LogP contribution in [-0.4, -0.2) is 65.7 Å². The molecule has 0 aliphatic rings. The van der Waals surface area contributed by atoms with E-state index in [0.29, 0.717) is 19.3 Å². The number of hydrogen-bond donors (Lipinski definition) is 3. The summed E-state index contributed by atoms with van der Waals surface area (Å²) < 4.78 is 32.8. The van der Waals surface area contributed by atoms with Crippen molar-refractivity contribution in [2.75, 3.05) is 26.4 Å². The molecular weight excluding hydrogens is 792 g/mol. The molecule has 61 heavy (non-hydrogen) atoms. The Morgan fingerprint density at radius 2 is 0.869 bits per heavy atom. The molecule has 11 heteroatoms. The molecule has 0 radical (unpaired) electrons. The topological polar surface area (TPSA) is 149 Å². The Kier molecular flexibility index (Phi) is 44.8. The number of phosphoric ester groups is 1. The number of esters is 2. The highest BCUT2D eigenvalue weighted by Crippen LogP contribution is 2.43. The van der Waals surface area contributed by atoms with Crippen molar-refractivity contribution < 1.29 is 47.8 Å². The molecule has 0 fully saturated rings. The van der Waals surface area contributed by atoms with Crippen LogP contribution < -0.4 is 0 Å². The zero-order chi connectivity index (χ0) is 44.8. The fourth-order valence-corrected chi connectivity index (χ4v) is 7.74. The van der Waals surface area contributed by atoms with E-state index in [1.54, 1.807) is 0 Å². The first kappa shape index (κ1) is 59.2.